The van der Waals surface area contributed by atoms with Crippen molar-refractivity contribution in [1.29, 1.82) is 0 Å². The molecule has 7 heteroatoms. The molecule has 0 saturated heterocycles. The lowest BCUT2D eigenvalue weighted by Gasteiger charge is -2.14. The molecule has 0 spiro atoms. The first-order chi connectivity index (χ1) is 11.6. The van der Waals surface area contributed by atoms with Crippen molar-refractivity contribution in [2.75, 3.05) is 5.32 Å². The number of nitrogens with zero attached hydrogens (tertiary/aromatic N) is 1. The summed E-state index contributed by atoms with van der Waals surface area (Å²) in [5, 5.41) is 7.81. The van der Waals surface area contributed by atoms with Crippen molar-refractivity contribution in [2.45, 2.75) is 13.2 Å². The van der Waals surface area contributed by atoms with Gasteiger partial charge in [0.2, 0.25) is 0 Å². The number of ether oxygens (including phenoxy) is 1. The predicted molar refractivity (Wildman–Crippen MR) is 102 cm³/mol. The first-order valence-electron chi connectivity index (χ1n) is 7.11. The molecule has 0 atom stereocenters. The average molecular weight is 400 g/mol. The zero-order valence-corrected chi connectivity index (χ0v) is 15.5. The normalized spacial score (nSPS) is 10.6. The van der Waals surface area contributed by atoms with Crippen molar-refractivity contribution in [3.05, 3.63) is 74.2 Å². The zero-order chi connectivity index (χ0) is 16.9. The highest BCUT2D eigenvalue weighted by Crippen LogP contribution is 2.29. The molecule has 0 aliphatic rings. The second kappa shape index (κ2) is 8.08. The van der Waals surface area contributed by atoms with E-state index in [2.05, 4.69) is 10.3 Å². The highest BCUT2D eigenvalue weighted by Gasteiger charge is 2.10. The summed E-state index contributed by atoms with van der Waals surface area (Å²) in [4.78, 5) is 4.20. The molecule has 0 bridgehead atoms. The summed E-state index contributed by atoms with van der Waals surface area (Å²) in [5.74, 6) is 0.722. The Hall–Kier alpha value is -1.46. The molecule has 0 saturated carbocycles. The van der Waals surface area contributed by atoms with Gasteiger partial charge in [0, 0.05) is 44.3 Å². The predicted octanol–water partition coefficient (Wildman–Crippen LogP) is 6.29. The van der Waals surface area contributed by atoms with Crippen LogP contribution in [0.2, 0.25) is 15.1 Å². The molecule has 1 aromatic heterocycles. The number of thiazole rings is 1. The standard InChI is InChI=1S/C17H13Cl3N2OS/c18-12-4-5-16(11(8-12)9-22-17-21-6-7-24-17)23-10-13-14(19)2-1-3-15(13)20/h1-8H,9-10H2,(H,21,22). The Morgan fingerprint density at radius 3 is 2.58 bits per heavy atom. The third-order valence-electron chi connectivity index (χ3n) is 3.32. The first-order valence-corrected chi connectivity index (χ1v) is 9.12. The van der Waals surface area contributed by atoms with E-state index in [9.17, 15) is 0 Å². The fourth-order valence-corrected chi connectivity index (χ4v) is 3.36. The van der Waals surface area contributed by atoms with E-state index in [1.165, 1.54) is 11.3 Å². The van der Waals surface area contributed by atoms with E-state index in [-0.39, 0.29) is 6.61 Å². The minimum absolute atomic E-state index is 0.282. The Bertz CT molecular complexity index is 804. The van der Waals surface area contributed by atoms with Gasteiger partial charge in [-0.05, 0) is 30.3 Å². The van der Waals surface area contributed by atoms with Crippen molar-refractivity contribution in [3.63, 3.8) is 0 Å². The lowest BCUT2D eigenvalue weighted by molar-refractivity contribution is 0.303. The van der Waals surface area contributed by atoms with Crippen LogP contribution >= 0.6 is 46.1 Å². The molecule has 1 N–H and O–H groups in total. The van der Waals surface area contributed by atoms with Crippen molar-refractivity contribution in [2.24, 2.45) is 0 Å². The average Bonchev–Trinajstić information content (AvgIpc) is 3.07. The Morgan fingerprint density at radius 1 is 1.08 bits per heavy atom. The highest BCUT2D eigenvalue weighted by molar-refractivity contribution is 7.13. The summed E-state index contributed by atoms with van der Waals surface area (Å²) < 4.78 is 5.93. The molecule has 0 aliphatic heterocycles. The molecule has 3 nitrogen and oxygen atoms in total. The number of aromatic nitrogens is 1. The van der Waals surface area contributed by atoms with Crippen LogP contribution in [0.3, 0.4) is 0 Å². The van der Waals surface area contributed by atoms with Gasteiger partial charge in [0.1, 0.15) is 12.4 Å². The Balaban J connectivity index is 1.75. The second-order valence-electron chi connectivity index (χ2n) is 4.93. The fraction of sp³-hybridized carbons (Fsp3) is 0.118. The van der Waals surface area contributed by atoms with E-state index in [0.717, 1.165) is 22.0 Å². The van der Waals surface area contributed by atoms with Gasteiger partial charge < -0.3 is 10.1 Å². The van der Waals surface area contributed by atoms with Crippen molar-refractivity contribution in [1.82, 2.24) is 4.98 Å². The molecule has 0 aliphatic carbocycles. The van der Waals surface area contributed by atoms with E-state index >= 15 is 0 Å². The van der Waals surface area contributed by atoms with Crippen molar-refractivity contribution >= 4 is 51.3 Å². The summed E-state index contributed by atoms with van der Waals surface area (Å²) >= 11 is 20.0. The number of benzene rings is 2. The molecular weight excluding hydrogens is 387 g/mol. The Morgan fingerprint density at radius 2 is 1.88 bits per heavy atom. The topological polar surface area (TPSA) is 34.1 Å². The summed E-state index contributed by atoms with van der Waals surface area (Å²) in [7, 11) is 0. The van der Waals surface area contributed by atoms with Gasteiger partial charge >= 0.3 is 0 Å². The molecule has 24 heavy (non-hydrogen) atoms. The van der Waals surface area contributed by atoms with Crippen LogP contribution in [0.15, 0.2) is 48.0 Å². The van der Waals surface area contributed by atoms with Crippen LogP contribution in [-0.4, -0.2) is 4.98 Å². The van der Waals surface area contributed by atoms with Gasteiger partial charge in [0.15, 0.2) is 5.13 Å². The minimum Gasteiger partial charge on any atom is -0.488 e. The zero-order valence-electron chi connectivity index (χ0n) is 12.4. The number of anilines is 1. The van der Waals surface area contributed by atoms with E-state index in [1.54, 1.807) is 30.5 Å². The van der Waals surface area contributed by atoms with Crippen LogP contribution in [0.25, 0.3) is 0 Å². The van der Waals surface area contributed by atoms with Gasteiger partial charge in [-0.3, -0.25) is 0 Å². The summed E-state index contributed by atoms with van der Waals surface area (Å²) in [6.07, 6.45) is 1.75. The van der Waals surface area contributed by atoms with E-state index in [4.69, 9.17) is 39.5 Å². The molecule has 2 aromatic carbocycles. The maximum Gasteiger partial charge on any atom is 0.182 e. The Kier molecular flexibility index (Phi) is 5.85. The van der Waals surface area contributed by atoms with Gasteiger partial charge in [-0.2, -0.15) is 0 Å². The fourth-order valence-electron chi connectivity index (χ4n) is 2.13. The minimum atomic E-state index is 0.282. The molecule has 0 unspecified atom stereocenters. The molecule has 3 aromatic rings. The van der Waals surface area contributed by atoms with E-state index < -0.39 is 0 Å². The maximum absolute atomic E-state index is 6.18. The molecule has 0 fully saturated rings. The van der Waals surface area contributed by atoms with Crippen LogP contribution in [0, 0.1) is 0 Å². The maximum atomic E-state index is 6.18. The number of hydrogen-bond acceptors (Lipinski definition) is 4. The van der Waals surface area contributed by atoms with Gasteiger partial charge in [0.05, 0.1) is 0 Å². The van der Waals surface area contributed by atoms with Gasteiger partial charge in [-0.25, -0.2) is 4.98 Å². The first kappa shape index (κ1) is 17.4. The van der Waals surface area contributed by atoms with Crippen LogP contribution in [-0.2, 0) is 13.2 Å². The third-order valence-corrected chi connectivity index (χ3v) is 4.99. The van der Waals surface area contributed by atoms with E-state index in [0.29, 0.717) is 21.6 Å². The second-order valence-corrected chi connectivity index (χ2v) is 7.08. The van der Waals surface area contributed by atoms with Gasteiger partial charge in [0.25, 0.3) is 0 Å². The van der Waals surface area contributed by atoms with Crippen LogP contribution in [0.1, 0.15) is 11.1 Å². The summed E-state index contributed by atoms with van der Waals surface area (Å²) in [5.41, 5.74) is 1.69. The van der Waals surface area contributed by atoms with Crippen molar-refractivity contribution < 1.29 is 4.74 Å². The summed E-state index contributed by atoms with van der Waals surface area (Å²) in [6.45, 7) is 0.837. The smallest absolute Gasteiger partial charge is 0.182 e. The molecule has 1 heterocycles. The molecular formula is C17H13Cl3N2OS. The number of rotatable bonds is 6. The quantitative estimate of drug-likeness (QED) is 0.528. The molecule has 0 amide bonds. The lowest BCUT2D eigenvalue weighted by Crippen LogP contribution is -2.04. The lowest BCUT2D eigenvalue weighted by atomic mass is 10.2. The monoisotopic (exact) mass is 398 g/mol. The SMILES string of the molecule is Clc1ccc(OCc2c(Cl)cccc2Cl)c(CNc2nccs2)c1. The third kappa shape index (κ3) is 4.33. The van der Waals surface area contributed by atoms with E-state index in [1.807, 2.05) is 17.5 Å². The van der Waals surface area contributed by atoms with Crippen LogP contribution < -0.4 is 10.1 Å². The Labute approximate surface area is 159 Å². The number of halogens is 3. The number of nitrogens with one attached hydrogen (secondary N) is 1. The molecule has 0 radical (unpaired) electrons. The van der Waals surface area contributed by atoms with Gasteiger partial charge in [-0.1, -0.05) is 40.9 Å². The number of hydrogen-bond donors (Lipinski definition) is 1. The van der Waals surface area contributed by atoms with Crippen LogP contribution in [0.4, 0.5) is 5.13 Å². The van der Waals surface area contributed by atoms with Gasteiger partial charge in [-0.15, -0.1) is 11.3 Å². The summed E-state index contributed by atoms with van der Waals surface area (Å²) in [6, 6.07) is 10.9. The molecule has 124 valence electrons. The molecule has 3 rings (SSSR count). The highest BCUT2D eigenvalue weighted by atomic mass is 35.5. The van der Waals surface area contributed by atoms with Crippen molar-refractivity contribution in [3.8, 4) is 5.75 Å². The van der Waals surface area contributed by atoms with Crippen LogP contribution in [0.5, 0.6) is 5.75 Å². The largest absolute Gasteiger partial charge is 0.488 e.